The molecule has 4 nitrogen and oxygen atoms in total. The number of ether oxygens (including phenoxy) is 1. The van der Waals surface area contributed by atoms with Crippen molar-refractivity contribution in [3.8, 4) is 0 Å². The Balaban J connectivity index is 0.000000196. The Bertz CT molecular complexity index is 1380. The average molecular weight is 565 g/mol. The van der Waals surface area contributed by atoms with Crippen LogP contribution in [0.15, 0.2) is 90.5 Å². The molecule has 2 saturated carbocycles. The second-order valence-corrected chi connectivity index (χ2v) is 12.5. The van der Waals surface area contributed by atoms with Crippen molar-refractivity contribution in [3.05, 3.63) is 113 Å². The molecule has 0 amide bonds. The highest BCUT2D eigenvalue weighted by atomic mass is 16.5. The van der Waals surface area contributed by atoms with Crippen LogP contribution < -0.4 is 0 Å². The predicted octanol–water partition coefficient (Wildman–Crippen LogP) is 8.73. The lowest BCUT2D eigenvalue weighted by Gasteiger charge is -2.31. The highest BCUT2D eigenvalue weighted by molar-refractivity contribution is 6.22. The van der Waals surface area contributed by atoms with E-state index < -0.39 is 5.60 Å². The smallest absolute Gasteiger partial charge is 0.202 e. The molecule has 3 aromatic rings. The lowest BCUT2D eigenvalue weighted by atomic mass is 9.70. The molecule has 2 bridgehead atoms. The first kappa shape index (κ1) is 31.3. The van der Waals surface area contributed by atoms with Crippen LogP contribution in [0.4, 0.5) is 0 Å². The summed E-state index contributed by atoms with van der Waals surface area (Å²) >= 11 is 0. The summed E-state index contributed by atoms with van der Waals surface area (Å²) < 4.78 is 5.57. The number of hydrogen-bond donors (Lipinski definition) is 0. The maximum absolute atomic E-state index is 13.1. The predicted molar refractivity (Wildman–Crippen MR) is 170 cm³/mol. The van der Waals surface area contributed by atoms with Gasteiger partial charge in [0.2, 0.25) is 11.6 Å². The van der Waals surface area contributed by atoms with Crippen LogP contribution in [0.25, 0.3) is 6.08 Å². The second kappa shape index (κ2) is 12.7. The van der Waals surface area contributed by atoms with Gasteiger partial charge in [-0.1, -0.05) is 125 Å². The highest BCUT2D eigenvalue weighted by Crippen LogP contribution is 2.65. The maximum Gasteiger partial charge on any atom is 0.202 e. The number of carbonyl (C=O) groups is 3. The minimum absolute atomic E-state index is 0.112. The van der Waals surface area contributed by atoms with Crippen LogP contribution in [0.3, 0.4) is 0 Å². The molecule has 2 atom stereocenters. The number of unbranched alkanes of at least 4 members (excludes halogenated alkanes) is 1. The Labute approximate surface area is 251 Å². The second-order valence-electron chi connectivity index (χ2n) is 12.5. The van der Waals surface area contributed by atoms with Crippen LogP contribution in [-0.4, -0.2) is 30.1 Å². The van der Waals surface area contributed by atoms with Gasteiger partial charge in [0.25, 0.3) is 0 Å². The lowest BCUT2D eigenvalue weighted by Crippen LogP contribution is -2.48. The largest absolute Gasteiger partial charge is 0.362 e. The van der Waals surface area contributed by atoms with E-state index in [2.05, 4.69) is 58.0 Å². The quantitative estimate of drug-likeness (QED) is 0.148. The molecule has 0 spiro atoms. The van der Waals surface area contributed by atoms with Gasteiger partial charge >= 0.3 is 0 Å². The summed E-state index contributed by atoms with van der Waals surface area (Å²) in [6.07, 6.45) is 6.34. The number of fused-ring (bicyclic) bond motifs is 2. The number of methoxy groups -OCH3 is 1. The SMILES string of the molecule is CCCCC(OC)(C(=O)c1ccccc1)C(=O)c1ccccc1.Cc1ccc(C=C2C(=O)C3(C)CCC2C3(C)C)cc1. The minimum atomic E-state index is -1.46. The van der Waals surface area contributed by atoms with Gasteiger partial charge in [-0.15, -0.1) is 0 Å². The van der Waals surface area contributed by atoms with Gasteiger partial charge in [0.1, 0.15) is 0 Å². The molecule has 2 unspecified atom stereocenters. The topological polar surface area (TPSA) is 60.4 Å². The van der Waals surface area contributed by atoms with Crippen LogP contribution in [-0.2, 0) is 9.53 Å². The molecule has 0 heterocycles. The fourth-order valence-electron chi connectivity index (χ4n) is 6.62. The summed E-state index contributed by atoms with van der Waals surface area (Å²) in [4.78, 5) is 38.9. The number of hydrogen-bond acceptors (Lipinski definition) is 4. The summed E-state index contributed by atoms with van der Waals surface area (Å²) in [6, 6.07) is 26.2. The molecule has 0 aromatic heterocycles. The number of allylic oxidation sites excluding steroid dienone is 1. The molecule has 2 fully saturated rings. The first-order chi connectivity index (χ1) is 20.0. The zero-order chi connectivity index (χ0) is 30.5. The van der Waals surface area contributed by atoms with E-state index in [1.54, 1.807) is 48.5 Å². The standard InChI is InChI=1S/C20H22O3.C18H22O/c1-3-4-15-20(23-2,18(21)16-11-7-5-8-12-16)19(22)17-13-9-6-10-14-17;1-12-5-7-13(8-6-12)11-14-15-9-10-18(4,16(14)19)17(15,2)3/h5-14H,3-4,15H2,1-2H3;5-8,11,15H,9-10H2,1-4H3. The number of aryl methyl sites for hydroxylation is 1. The fraction of sp³-hybridized carbons (Fsp3) is 0.395. The third kappa shape index (κ3) is 5.70. The maximum atomic E-state index is 13.1. The van der Waals surface area contributed by atoms with Gasteiger partial charge in [-0.25, -0.2) is 0 Å². The van der Waals surface area contributed by atoms with Crippen molar-refractivity contribution in [2.75, 3.05) is 7.11 Å². The molecule has 4 heteroatoms. The zero-order valence-electron chi connectivity index (χ0n) is 25.9. The molecule has 3 aromatic carbocycles. The van der Waals surface area contributed by atoms with Crippen LogP contribution in [0.5, 0.6) is 0 Å². The molecule has 2 aliphatic carbocycles. The van der Waals surface area contributed by atoms with Gasteiger partial charge in [0.15, 0.2) is 11.4 Å². The van der Waals surface area contributed by atoms with Crippen molar-refractivity contribution >= 4 is 23.4 Å². The van der Waals surface area contributed by atoms with Gasteiger partial charge in [-0.2, -0.15) is 0 Å². The van der Waals surface area contributed by atoms with E-state index in [1.807, 2.05) is 19.1 Å². The number of carbonyl (C=O) groups excluding carboxylic acids is 3. The first-order valence-corrected chi connectivity index (χ1v) is 15.1. The Morgan fingerprint density at radius 3 is 1.83 bits per heavy atom. The van der Waals surface area contributed by atoms with E-state index in [9.17, 15) is 14.4 Å². The number of ketones is 3. The van der Waals surface area contributed by atoms with E-state index in [0.717, 1.165) is 36.8 Å². The Hall–Kier alpha value is -3.63. The third-order valence-corrected chi connectivity index (χ3v) is 9.80. The summed E-state index contributed by atoms with van der Waals surface area (Å²) in [5.74, 6) is 0.270. The van der Waals surface area contributed by atoms with Crippen molar-refractivity contribution in [1.82, 2.24) is 0 Å². The number of Topliss-reactive ketones (excluding diaryl/α,β-unsaturated/α-hetero) is 3. The summed E-state index contributed by atoms with van der Waals surface area (Å²) in [7, 11) is 1.44. The Morgan fingerprint density at radius 2 is 1.40 bits per heavy atom. The van der Waals surface area contributed by atoms with Crippen LogP contribution in [0.1, 0.15) is 91.6 Å². The van der Waals surface area contributed by atoms with Crippen LogP contribution in [0.2, 0.25) is 0 Å². The van der Waals surface area contributed by atoms with E-state index in [0.29, 0.717) is 29.2 Å². The van der Waals surface area contributed by atoms with E-state index >= 15 is 0 Å². The van der Waals surface area contributed by atoms with E-state index in [4.69, 9.17) is 4.74 Å². The van der Waals surface area contributed by atoms with Crippen molar-refractivity contribution < 1.29 is 19.1 Å². The normalized spacial score (nSPS) is 21.6. The summed E-state index contributed by atoms with van der Waals surface area (Å²) in [6.45, 7) is 10.8. The minimum Gasteiger partial charge on any atom is -0.362 e. The number of benzene rings is 3. The van der Waals surface area contributed by atoms with Gasteiger partial charge in [-0.05, 0) is 61.2 Å². The molecular formula is C38H44O4. The molecule has 5 rings (SSSR count). The van der Waals surface area contributed by atoms with Crippen molar-refractivity contribution in [1.29, 1.82) is 0 Å². The van der Waals surface area contributed by atoms with Crippen molar-refractivity contribution in [2.45, 2.75) is 72.3 Å². The lowest BCUT2D eigenvalue weighted by molar-refractivity contribution is -0.125. The fourth-order valence-corrected chi connectivity index (χ4v) is 6.62. The summed E-state index contributed by atoms with van der Waals surface area (Å²) in [5.41, 5.74) is 2.97. The monoisotopic (exact) mass is 564 g/mol. The molecule has 2 aliphatic rings. The van der Waals surface area contributed by atoms with Crippen LogP contribution in [0, 0.1) is 23.7 Å². The van der Waals surface area contributed by atoms with Crippen molar-refractivity contribution in [2.24, 2.45) is 16.7 Å². The molecular weight excluding hydrogens is 520 g/mol. The van der Waals surface area contributed by atoms with Crippen LogP contribution >= 0.6 is 0 Å². The molecule has 42 heavy (non-hydrogen) atoms. The Kier molecular flexibility index (Phi) is 9.47. The highest BCUT2D eigenvalue weighted by Gasteiger charge is 2.63. The third-order valence-electron chi connectivity index (χ3n) is 9.80. The first-order valence-electron chi connectivity index (χ1n) is 15.1. The van der Waals surface area contributed by atoms with E-state index in [1.165, 1.54) is 12.7 Å². The molecule has 0 saturated heterocycles. The van der Waals surface area contributed by atoms with E-state index in [-0.39, 0.29) is 22.4 Å². The van der Waals surface area contributed by atoms with Gasteiger partial charge in [0.05, 0.1) is 0 Å². The van der Waals surface area contributed by atoms with Gasteiger partial charge in [-0.3, -0.25) is 14.4 Å². The zero-order valence-corrected chi connectivity index (χ0v) is 25.9. The summed E-state index contributed by atoms with van der Waals surface area (Å²) in [5, 5.41) is 0. The van der Waals surface area contributed by atoms with Crippen molar-refractivity contribution in [3.63, 3.8) is 0 Å². The molecule has 0 aliphatic heterocycles. The average Bonchev–Trinajstić information content (AvgIpc) is 3.33. The number of rotatable bonds is 9. The van der Waals surface area contributed by atoms with Gasteiger partial charge < -0.3 is 4.74 Å². The Morgan fingerprint density at radius 1 is 0.881 bits per heavy atom. The van der Waals surface area contributed by atoms with Gasteiger partial charge in [0, 0.05) is 23.7 Å². The molecule has 0 N–H and O–H groups in total. The molecule has 0 radical (unpaired) electrons. The molecule has 220 valence electrons.